The summed E-state index contributed by atoms with van der Waals surface area (Å²) in [7, 11) is 0. The molecular formula is C39H23N3O2. The van der Waals surface area contributed by atoms with E-state index in [1.807, 2.05) is 91.0 Å². The lowest BCUT2D eigenvalue weighted by atomic mass is 10.0. The first-order chi connectivity index (χ1) is 21.8. The normalized spacial score (nSPS) is 11.6. The van der Waals surface area contributed by atoms with Crippen molar-refractivity contribution in [2.24, 2.45) is 0 Å². The molecule has 0 fully saturated rings. The first-order valence-electron chi connectivity index (χ1n) is 14.5. The van der Waals surface area contributed by atoms with Crippen LogP contribution in [0.5, 0.6) is 0 Å². The first-order valence-corrected chi connectivity index (χ1v) is 14.5. The van der Waals surface area contributed by atoms with E-state index in [4.69, 9.17) is 23.8 Å². The molecule has 0 bridgehead atoms. The third-order valence-electron chi connectivity index (χ3n) is 8.15. The summed E-state index contributed by atoms with van der Waals surface area (Å²) in [6.45, 7) is 0. The van der Waals surface area contributed by atoms with Crippen molar-refractivity contribution in [3.8, 4) is 45.3 Å². The molecule has 0 saturated heterocycles. The van der Waals surface area contributed by atoms with Crippen molar-refractivity contribution < 1.29 is 8.83 Å². The molecule has 6 aromatic carbocycles. The number of hydrogen-bond donors (Lipinski definition) is 0. The molecule has 9 rings (SSSR count). The highest BCUT2D eigenvalue weighted by atomic mass is 16.3. The number of rotatable bonds is 4. The monoisotopic (exact) mass is 565 g/mol. The Hall–Kier alpha value is -6.07. The second kappa shape index (κ2) is 9.75. The van der Waals surface area contributed by atoms with Crippen LogP contribution in [0.1, 0.15) is 0 Å². The summed E-state index contributed by atoms with van der Waals surface area (Å²) in [4.78, 5) is 15.0. The molecule has 5 nitrogen and oxygen atoms in total. The quantitative estimate of drug-likeness (QED) is 0.212. The molecule has 3 heterocycles. The summed E-state index contributed by atoms with van der Waals surface area (Å²) in [5, 5.41) is 4.14. The van der Waals surface area contributed by atoms with E-state index in [0.717, 1.165) is 71.7 Å². The van der Waals surface area contributed by atoms with Gasteiger partial charge in [0, 0.05) is 38.2 Å². The molecule has 0 aliphatic carbocycles. The van der Waals surface area contributed by atoms with Gasteiger partial charge in [-0.15, -0.1) is 0 Å². The summed E-state index contributed by atoms with van der Waals surface area (Å²) in [5.74, 6) is 1.77. The van der Waals surface area contributed by atoms with Crippen molar-refractivity contribution >= 4 is 43.9 Å². The van der Waals surface area contributed by atoms with Gasteiger partial charge in [-0.25, -0.2) is 15.0 Å². The average Bonchev–Trinajstić information content (AvgIpc) is 3.66. The Kier molecular flexibility index (Phi) is 5.43. The molecule has 206 valence electrons. The maximum Gasteiger partial charge on any atom is 0.164 e. The Morgan fingerprint density at radius 3 is 1.68 bits per heavy atom. The Morgan fingerprint density at radius 1 is 0.341 bits per heavy atom. The molecule has 0 spiro atoms. The molecule has 0 radical (unpaired) electrons. The lowest BCUT2D eigenvalue weighted by Gasteiger charge is -2.09. The fourth-order valence-electron chi connectivity index (χ4n) is 6.03. The van der Waals surface area contributed by atoms with Gasteiger partial charge in [-0.05, 0) is 47.5 Å². The van der Waals surface area contributed by atoms with Crippen LogP contribution in [0, 0.1) is 0 Å². The second-order valence-corrected chi connectivity index (χ2v) is 10.8. The second-order valence-electron chi connectivity index (χ2n) is 10.8. The molecule has 0 atom stereocenters. The first kappa shape index (κ1) is 24.5. The fourth-order valence-corrected chi connectivity index (χ4v) is 6.03. The highest BCUT2D eigenvalue weighted by molar-refractivity contribution is 6.12. The number of furan rings is 2. The van der Waals surface area contributed by atoms with E-state index < -0.39 is 0 Å². The van der Waals surface area contributed by atoms with Crippen molar-refractivity contribution in [1.82, 2.24) is 15.0 Å². The molecular weight excluding hydrogens is 542 g/mol. The van der Waals surface area contributed by atoms with Crippen molar-refractivity contribution in [3.05, 3.63) is 140 Å². The van der Waals surface area contributed by atoms with Gasteiger partial charge in [0.05, 0.1) is 0 Å². The molecule has 9 aromatic rings. The molecule has 3 aromatic heterocycles. The smallest absolute Gasteiger partial charge is 0.164 e. The molecule has 0 unspecified atom stereocenters. The van der Waals surface area contributed by atoms with Gasteiger partial charge >= 0.3 is 0 Å². The minimum Gasteiger partial charge on any atom is -0.456 e. The number of benzene rings is 6. The molecule has 5 heteroatoms. The van der Waals surface area contributed by atoms with Crippen molar-refractivity contribution in [2.45, 2.75) is 0 Å². The maximum absolute atomic E-state index is 6.42. The van der Waals surface area contributed by atoms with Crippen molar-refractivity contribution in [1.29, 1.82) is 0 Å². The summed E-state index contributed by atoms with van der Waals surface area (Å²) in [6, 6.07) is 47.0. The third-order valence-corrected chi connectivity index (χ3v) is 8.15. The number of hydrogen-bond acceptors (Lipinski definition) is 5. The van der Waals surface area contributed by atoms with Gasteiger partial charge in [0.25, 0.3) is 0 Å². The highest BCUT2D eigenvalue weighted by Crippen LogP contribution is 2.38. The summed E-state index contributed by atoms with van der Waals surface area (Å²) in [6.07, 6.45) is 0. The molecule has 44 heavy (non-hydrogen) atoms. The standard InChI is InChI=1S/C39H23N3O2/c1-3-10-24(11-4-1)26-18-20-28-29-21-19-27(23-35(29)44-34(28)22-26)38-40-37(25-12-5-2-6-13-25)41-39(42-38)31-15-9-17-33-36(31)30-14-7-8-16-32(30)43-33/h1-23H. The van der Waals surface area contributed by atoms with E-state index in [1.165, 1.54) is 0 Å². The lowest BCUT2D eigenvalue weighted by Crippen LogP contribution is -2.00. The topological polar surface area (TPSA) is 65.0 Å². The van der Waals surface area contributed by atoms with Crippen LogP contribution in [0.25, 0.3) is 89.2 Å². The van der Waals surface area contributed by atoms with Crippen LogP contribution in [0.4, 0.5) is 0 Å². The van der Waals surface area contributed by atoms with Gasteiger partial charge in [-0.2, -0.15) is 0 Å². The Bertz CT molecular complexity index is 2500. The van der Waals surface area contributed by atoms with Gasteiger partial charge in [-0.1, -0.05) is 103 Å². The summed E-state index contributed by atoms with van der Waals surface area (Å²) >= 11 is 0. The van der Waals surface area contributed by atoms with E-state index >= 15 is 0 Å². The molecule has 0 aliphatic rings. The van der Waals surface area contributed by atoms with Crippen LogP contribution >= 0.6 is 0 Å². The van der Waals surface area contributed by atoms with E-state index in [0.29, 0.717) is 17.5 Å². The Labute approximate surface area is 252 Å². The van der Waals surface area contributed by atoms with Crippen molar-refractivity contribution in [2.75, 3.05) is 0 Å². The molecule has 0 amide bonds. The predicted molar refractivity (Wildman–Crippen MR) is 176 cm³/mol. The Morgan fingerprint density at radius 2 is 0.909 bits per heavy atom. The van der Waals surface area contributed by atoms with Gasteiger partial charge in [0.1, 0.15) is 22.3 Å². The summed E-state index contributed by atoms with van der Waals surface area (Å²) < 4.78 is 12.6. The zero-order valence-electron chi connectivity index (χ0n) is 23.4. The third kappa shape index (κ3) is 3.98. The van der Waals surface area contributed by atoms with E-state index in [1.54, 1.807) is 0 Å². The van der Waals surface area contributed by atoms with Gasteiger partial charge in [-0.3, -0.25) is 0 Å². The van der Waals surface area contributed by atoms with Crippen LogP contribution in [-0.2, 0) is 0 Å². The zero-order valence-corrected chi connectivity index (χ0v) is 23.4. The zero-order chi connectivity index (χ0) is 29.0. The Balaban J connectivity index is 1.23. The van der Waals surface area contributed by atoms with Gasteiger partial charge in [0.2, 0.25) is 0 Å². The molecule has 0 saturated carbocycles. The largest absolute Gasteiger partial charge is 0.456 e. The van der Waals surface area contributed by atoms with Crippen LogP contribution in [-0.4, -0.2) is 15.0 Å². The fraction of sp³-hybridized carbons (Fsp3) is 0. The summed E-state index contributed by atoms with van der Waals surface area (Å²) in [5.41, 5.74) is 8.20. The number of nitrogens with zero attached hydrogens (tertiary/aromatic N) is 3. The van der Waals surface area contributed by atoms with E-state index in [-0.39, 0.29) is 0 Å². The number of fused-ring (bicyclic) bond motifs is 6. The SMILES string of the molecule is c1ccc(-c2ccc3c(c2)oc2cc(-c4nc(-c5ccccc5)nc(-c5cccc6oc7ccccc7c56)n4)ccc23)cc1. The minimum absolute atomic E-state index is 0.575. The lowest BCUT2D eigenvalue weighted by molar-refractivity contribution is 0.668. The van der Waals surface area contributed by atoms with Crippen LogP contribution in [0.2, 0.25) is 0 Å². The number of aromatic nitrogens is 3. The minimum atomic E-state index is 0.575. The number of para-hydroxylation sites is 1. The molecule has 0 N–H and O–H groups in total. The van der Waals surface area contributed by atoms with E-state index in [9.17, 15) is 0 Å². The van der Waals surface area contributed by atoms with Crippen LogP contribution in [0.3, 0.4) is 0 Å². The van der Waals surface area contributed by atoms with Crippen molar-refractivity contribution in [3.63, 3.8) is 0 Å². The predicted octanol–water partition coefficient (Wildman–Crippen LogP) is 10.3. The average molecular weight is 566 g/mol. The van der Waals surface area contributed by atoms with Crippen LogP contribution < -0.4 is 0 Å². The van der Waals surface area contributed by atoms with E-state index in [2.05, 4.69) is 48.5 Å². The van der Waals surface area contributed by atoms with Gasteiger partial charge < -0.3 is 8.83 Å². The maximum atomic E-state index is 6.42. The highest BCUT2D eigenvalue weighted by Gasteiger charge is 2.18. The van der Waals surface area contributed by atoms with Gasteiger partial charge in [0.15, 0.2) is 17.5 Å². The van der Waals surface area contributed by atoms with Crippen LogP contribution in [0.15, 0.2) is 148 Å². The molecule has 0 aliphatic heterocycles.